The first kappa shape index (κ1) is 25.6. The van der Waals surface area contributed by atoms with Gasteiger partial charge in [0.2, 0.25) is 11.8 Å². The number of aliphatic hydroxyl groups is 2. The summed E-state index contributed by atoms with van der Waals surface area (Å²) >= 11 is 0. The molecule has 2 atom stereocenters. The molecule has 1 unspecified atom stereocenters. The molecule has 200 valence electrons. The highest BCUT2D eigenvalue weighted by atomic mass is 19.4. The second kappa shape index (κ2) is 10.0. The Morgan fingerprint density at radius 1 is 1.26 bits per heavy atom. The lowest BCUT2D eigenvalue weighted by Crippen LogP contribution is -2.48. The highest BCUT2D eigenvalue weighted by Gasteiger charge is 2.42. The van der Waals surface area contributed by atoms with Crippen LogP contribution in [0.3, 0.4) is 0 Å². The Labute approximate surface area is 214 Å². The van der Waals surface area contributed by atoms with Crippen LogP contribution >= 0.6 is 0 Å². The maximum atomic E-state index is 13.5. The van der Waals surface area contributed by atoms with Gasteiger partial charge in [-0.25, -0.2) is 19.7 Å². The van der Waals surface area contributed by atoms with E-state index in [-0.39, 0.29) is 41.7 Å². The zero-order valence-corrected chi connectivity index (χ0v) is 20.2. The smallest absolute Gasteiger partial charge is 0.416 e. The molecule has 2 aliphatic heterocycles. The standard InChI is InChI=1S/C24H24F3N7O4/c1-13-19-21(31-20(29-13)14-3-2-4-15(9-14)24(25,26)27)34(16-6-8-33(19)10-16)23(37)32-22-28-7-5-18(30-22)38-12-17(36)11-35/h2-5,7,9,16-17,35-36H,6,8,10-12H2,1H3,(H,28,30,32,37)/t16?,17-/m1/s1. The molecule has 0 spiro atoms. The van der Waals surface area contributed by atoms with E-state index in [2.05, 4.69) is 30.2 Å². The molecule has 2 aromatic heterocycles. The molecule has 2 aliphatic rings. The Balaban J connectivity index is 1.46. The Morgan fingerprint density at radius 3 is 2.84 bits per heavy atom. The fraction of sp³-hybridized carbons (Fsp3) is 0.375. The van der Waals surface area contributed by atoms with Crippen LogP contribution in [0.5, 0.6) is 5.88 Å². The van der Waals surface area contributed by atoms with Crippen LogP contribution in [-0.4, -0.2) is 74.6 Å². The number of aryl methyl sites for hydroxylation is 1. The van der Waals surface area contributed by atoms with Gasteiger partial charge in [0.15, 0.2) is 11.6 Å². The van der Waals surface area contributed by atoms with E-state index in [0.717, 1.165) is 12.1 Å². The van der Waals surface area contributed by atoms with Crippen molar-refractivity contribution >= 4 is 23.5 Å². The summed E-state index contributed by atoms with van der Waals surface area (Å²) < 4.78 is 45.2. The van der Waals surface area contributed by atoms with E-state index in [1.165, 1.54) is 29.3 Å². The van der Waals surface area contributed by atoms with Crippen molar-refractivity contribution in [2.45, 2.75) is 31.7 Å². The number of urea groups is 1. The van der Waals surface area contributed by atoms with Crippen LogP contribution in [0.2, 0.25) is 0 Å². The quantitative estimate of drug-likeness (QED) is 0.438. The average molecular weight is 531 g/mol. The molecule has 3 N–H and O–H groups in total. The van der Waals surface area contributed by atoms with Crippen molar-refractivity contribution < 1.29 is 32.9 Å². The molecular weight excluding hydrogens is 507 g/mol. The van der Waals surface area contributed by atoms with E-state index in [1.54, 1.807) is 6.92 Å². The molecular formula is C24H24F3N7O4. The van der Waals surface area contributed by atoms with Gasteiger partial charge in [-0.2, -0.15) is 18.2 Å². The third kappa shape index (κ3) is 5.04. The lowest BCUT2D eigenvalue weighted by atomic mass is 10.1. The fourth-order valence-corrected chi connectivity index (χ4v) is 4.52. The van der Waals surface area contributed by atoms with Crippen molar-refractivity contribution in [3.63, 3.8) is 0 Å². The normalized spacial score (nSPS) is 17.3. The number of hydrogen-bond donors (Lipinski definition) is 3. The fourth-order valence-electron chi connectivity index (χ4n) is 4.52. The van der Waals surface area contributed by atoms with Gasteiger partial charge in [0, 0.05) is 30.9 Å². The Morgan fingerprint density at radius 2 is 2.08 bits per heavy atom. The summed E-state index contributed by atoms with van der Waals surface area (Å²) in [5, 5.41) is 21.0. The summed E-state index contributed by atoms with van der Waals surface area (Å²) in [6.45, 7) is 2.27. The molecule has 0 saturated carbocycles. The highest BCUT2D eigenvalue weighted by molar-refractivity contribution is 6.04. The monoisotopic (exact) mass is 531 g/mol. The summed E-state index contributed by atoms with van der Waals surface area (Å²) in [4.78, 5) is 34.2. The maximum absolute atomic E-state index is 13.5. The van der Waals surface area contributed by atoms with Gasteiger partial charge in [0.05, 0.1) is 23.9 Å². The number of aliphatic hydroxyl groups excluding tert-OH is 2. The molecule has 4 heterocycles. The van der Waals surface area contributed by atoms with Crippen LogP contribution in [0.1, 0.15) is 17.7 Å². The van der Waals surface area contributed by atoms with Crippen LogP contribution in [0.4, 0.5) is 35.4 Å². The second-order valence-corrected chi connectivity index (χ2v) is 8.94. The van der Waals surface area contributed by atoms with E-state index in [1.807, 2.05) is 0 Å². The number of amides is 2. The summed E-state index contributed by atoms with van der Waals surface area (Å²) in [6.07, 6.45) is -3.59. The third-order valence-electron chi connectivity index (χ3n) is 6.26. The van der Waals surface area contributed by atoms with Crippen molar-refractivity contribution in [3.8, 4) is 17.3 Å². The van der Waals surface area contributed by atoms with Gasteiger partial charge >= 0.3 is 12.2 Å². The molecule has 2 bridgehead atoms. The number of ether oxygens (including phenoxy) is 1. The van der Waals surface area contributed by atoms with E-state index in [9.17, 15) is 23.1 Å². The van der Waals surface area contributed by atoms with E-state index in [0.29, 0.717) is 30.9 Å². The summed E-state index contributed by atoms with van der Waals surface area (Å²) in [6, 6.07) is 5.37. The van der Waals surface area contributed by atoms with Gasteiger partial charge in [0.1, 0.15) is 18.4 Å². The SMILES string of the molecule is Cc1nc(-c2cccc(C(F)(F)F)c2)nc2c1N1CCC(C1)N2C(=O)Nc1nccc(OC[C@H](O)CO)n1. The molecule has 1 aromatic carbocycles. The molecule has 1 saturated heterocycles. The Hall–Kier alpha value is -4.04. The molecule has 14 heteroatoms. The Kier molecular flexibility index (Phi) is 6.75. The van der Waals surface area contributed by atoms with Gasteiger partial charge in [-0.15, -0.1) is 0 Å². The predicted molar refractivity (Wildman–Crippen MR) is 130 cm³/mol. The first-order valence-electron chi connectivity index (χ1n) is 11.8. The maximum Gasteiger partial charge on any atom is 0.416 e. The zero-order chi connectivity index (χ0) is 27.0. The highest BCUT2D eigenvalue weighted by Crippen LogP contribution is 2.42. The first-order valence-corrected chi connectivity index (χ1v) is 11.8. The third-order valence-corrected chi connectivity index (χ3v) is 6.26. The van der Waals surface area contributed by atoms with Crippen molar-refractivity contribution in [3.05, 3.63) is 47.8 Å². The van der Waals surface area contributed by atoms with E-state index in [4.69, 9.17) is 9.84 Å². The van der Waals surface area contributed by atoms with Gasteiger partial charge < -0.3 is 19.8 Å². The summed E-state index contributed by atoms with van der Waals surface area (Å²) in [5.41, 5.74) is 0.533. The number of aromatic nitrogens is 4. The number of halogens is 3. The number of hydrogen-bond acceptors (Lipinski definition) is 9. The van der Waals surface area contributed by atoms with Gasteiger partial charge in [-0.3, -0.25) is 10.2 Å². The minimum absolute atomic E-state index is 0.0585. The molecule has 38 heavy (non-hydrogen) atoms. The molecule has 2 amide bonds. The summed E-state index contributed by atoms with van der Waals surface area (Å²) in [7, 11) is 0. The van der Waals surface area contributed by atoms with Gasteiger partial charge in [-0.1, -0.05) is 12.1 Å². The number of nitrogens with zero attached hydrogens (tertiary/aromatic N) is 6. The minimum Gasteiger partial charge on any atom is -0.475 e. The van der Waals surface area contributed by atoms with Crippen molar-refractivity contribution in [1.29, 1.82) is 0 Å². The molecule has 11 nitrogen and oxygen atoms in total. The summed E-state index contributed by atoms with van der Waals surface area (Å²) in [5.74, 6) is 0.382. The topological polar surface area (TPSA) is 137 Å². The number of benzene rings is 1. The van der Waals surface area contributed by atoms with Gasteiger partial charge in [0.25, 0.3) is 0 Å². The number of carbonyl (C=O) groups excluding carboxylic acids is 1. The number of fused-ring (bicyclic) bond motifs is 4. The van der Waals surface area contributed by atoms with Gasteiger partial charge in [-0.05, 0) is 25.5 Å². The molecule has 1 fully saturated rings. The predicted octanol–water partition coefficient (Wildman–Crippen LogP) is 2.62. The van der Waals surface area contributed by atoms with E-state index < -0.39 is 30.5 Å². The van der Waals surface area contributed by atoms with Crippen LogP contribution in [0.15, 0.2) is 36.5 Å². The van der Waals surface area contributed by atoms with E-state index >= 15 is 0 Å². The number of alkyl halides is 3. The molecule has 0 aliphatic carbocycles. The van der Waals surface area contributed by atoms with Crippen LogP contribution in [0, 0.1) is 6.92 Å². The van der Waals surface area contributed by atoms with Crippen molar-refractivity contribution in [1.82, 2.24) is 19.9 Å². The number of anilines is 3. The van der Waals surface area contributed by atoms with Crippen LogP contribution in [-0.2, 0) is 6.18 Å². The van der Waals surface area contributed by atoms with Crippen LogP contribution in [0.25, 0.3) is 11.4 Å². The number of rotatable bonds is 6. The molecule has 0 radical (unpaired) electrons. The largest absolute Gasteiger partial charge is 0.475 e. The molecule has 3 aromatic rings. The lowest BCUT2D eigenvalue weighted by molar-refractivity contribution is -0.137. The van der Waals surface area contributed by atoms with Crippen molar-refractivity contribution in [2.75, 3.05) is 41.4 Å². The lowest BCUT2D eigenvalue weighted by Gasteiger charge is -2.36. The second-order valence-electron chi connectivity index (χ2n) is 8.94. The Bertz CT molecular complexity index is 1360. The molecule has 5 rings (SSSR count). The number of nitrogens with one attached hydrogen (secondary N) is 1. The average Bonchev–Trinajstić information content (AvgIpc) is 3.29. The first-order chi connectivity index (χ1) is 18.1. The number of carbonyl (C=O) groups is 1. The van der Waals surface area contributed by atoms with Crippen molar-refractivity contribution in [2.24, 2.45) is 0 Å². The zero-order valence-electron chi connectivity index (χ0n) is 20.2. The minimum atomic E-state index is -4.52. The van der Waals surface area contributed by atoms with Crippen LogP contribution < -0.4 is 19.9 Å².